The van der Waals surface area contributed by atoms with Crippen LogP contribution in [0.1, 0.15) is 41.7 Å². The monoisotopic (exact) mass is 803 g/mol. The molecule has 4 heterocycles. The van der Waals surface area contributed by atoms with Gasteiger partial charge in [0.25, 0.3) is 0 Å². The number of fused-ring (bicyclic) bond motifs is 12. The van der Waals surface area contributed by atoms with Gasteiger partial charge in [0.15, 0.2) is 0 Å². The fraction of sp³-hybridized carbons (Fsp3) is 0.125. The third-order valence-electron chi connectivity index (χ3n) is 13.2. The molecule has 0 aliphatic carbocycles. The van der Waals surface area contributed by atoms with Gasteiger partial charge in [-0.1, -0.05) is 104 Å². The molecule has 0 atom stereocenters. The van der Waals surface area contributed by atoms with Crippen LogP contribution in [-0.2, 0) is 5.41 Å². The summed E-state index contributed by atoms with van der Waals surface area (Å²) >= 11 is 0. The van der Waals surface area contributed by atoms with E-state index in [2.05, 4.69) is 218 Å². The van der Waals surface area contributed by atoms with E-state index in [4.69, 9.17) is 9.72 Å². The Balaban J connectivity index is 0.997. The first kappa shape index (κ1) is 36.3. The van der Waals surface area contributed by atoms with Crippen LogP contribution in [0.3, 0.4) is 0 Å². The van der Waals surface area contributed by atoms with Gasteiger partial charge in [0.2, 0.25) is 0 Å². The molecule has 12 rings (SSSR count). The van der Waals surface area contributed by atoms with Crippen LogP contribution in [0.4, 0.5) is 39.8 Å². The zero-order chi connectivity index (χ0) is 41.9. The fourth-order valence-corrected chi connectivity index (χ4v) is 10.7. The van der Waals surface area contributed by atoms with E-state index in [9.17, 15) is 0 Å². The highest BCUT2D eigenvalue weighted by molar-refractivity contribution is 6.16. The Labute approximate surface area is 361 Å². The molecule has 0 N–H and O–H groups in total. The molecule has 10 aromatic rings. The lowest BCUT2D eigenvalue weighted by Crippen LogP contribution is -2.31. The van der Waals surface area contributed by atoms with Crippen LogP contribution in [0.15, 0.2) is 170 Å². The van der Waals surface area contributed by atoms with Crippen LogP contribution in [0.5, 0.6) is 11.5 Å². The number of hydrogen-bond acceptors (Lipinski definition) is 5. The number of pyridine rings is 1. The highest BCUT2D eigenvalue weighted by Crippen LogP contribution is 2.55. The highest BCUT2D eigenvalue weighted by atomic mass is 16.5. The molecule has 8 aromatic carbocycles. The number of para-hydroxylation sites is 6. The SMILES string of the molecule is Cc1cc(C)c(N2CN(c3cccc(Oc4ccc5c(c4)c4nc6ccccc6n4c4c6c(ccc54)N(c4ccccc4)c4ccccc4C6(C)C)c3)c3ccccc32)c(C)c1. The number of aromatic nitrogens is 2. The average molecular weight is 804 g/mol. The Hall–Kier alpha value is -7.57. The molecular weight excluding hydrogens is 759 g/mol. The first-order valence-electron chi connectivity index (χ1n) is 21.5. The predicted octanol–water partition coefficient (Wildman–Crippen LogP) is 14.9. The Morgan fingerprint density at radius 2 is 1.19 bits per heavy atom. The largest absolute Gasteiger partial charge is 0.457 e. The number of nitrogens with zero attached hydrogens (tertiary/aromatic N) is 5. The maximum Gasteiger partial charge on any atom is 0.146 e. The molecule has 0 saturated heterocycles. The van der Waals surface area contributed by atoms with Crippen molar-refractivity contribution >= 4 is 78.2 Å². The molecule has 0 spiro atoms. The lowest BCUT2D eigenvalue weighted by atomic mass is 9.72. The van der Waals surface area contributed by atoms with Crippen LogP contribution < -0.4 is 19.4 Å². The van der Waals surface area contributed by atoms with Gasteiger partial charge in [-0.25, -0.2) is 4.98 Å². The second-order valence-electron chi connectivity index (χ2n) is 17.5. The van der Waals surface area contributed by atoms with Gasteiger partial charge in [0, 0.05) is 44.9 Å². The van der Waals surface area contributed by atoms with Crippen molar-refractivity contribution in [1.82, 2.24) is 9.38 Å². The summed E-state index contributed by atoms with van der Waals surface area (Å²) in [6.07, 6.45) is 0. The van der Waals surface area contributed by atoms with Crippen LogP contribution in [0.2, 0.25) is 0 Å². The predicted molar refractivity (Wildman–Crippen MR) is 257 cm³/mol. The lowest BCUT2D eigenvalue weighted by molar-refractivity contribution is 0.483. The maximum atomic E-state index is 6.81. The van der Waals surface area contributed by atoms with Gasteiger partial charge in [0.1, 0.15) is 23.8 Å². The molecule has 0 bridgehead atoms. The normalized spacial score (nSPS) is 14.2. The van der Waals surface area contributed by atoms with Crippen molar-refractivity contribution in [3.05, 3.63) is 198 Å². The van der Waals surface area contributed by atoms with E-state index in [1.54, 1.807) is 0 Å². The fourth-order valence-electron chi connectivity index (χ4n) is 10.7. The van der Waals surface area contributed by atoms with Gasteiger partial charge in [-0.2, -0.15) is 0 Å². The van der Waals surface area contributed by atoms with Gasteiger partial charge in [0.05, 0.1) is 39.3 Å². The number of ether oxygens (including phenoxy) is 1. The second-order valence-corrected chi connectivity index (χ2v) is 17.5. The van der Waals surface area contributed by atoms with E-state index in [0.717, 1.165) is 50.3 Å². The molecule has 2 aliphatic rings. The standard InChI is InChI=1S/C56H45N5O/c1-35-30-36(2)53(37(3)31-35)59-34-58(49-24-13-14-25-50(49)59)39-18-15-19-40(32-39)62-41-26-27-42-43-28-29-51-52(54(43)61-48-23-12-10-21-46(48)57-55(61)44(42)33-41)56(4,5)45-20-9-11-22-47(45)60(51)38-16-7-6-8-17-38/h6-33H,34H2,1-5H3. The summed E-state index contributed by atoms with van der Waals surface area (Å²) in [7, 11) is 0. The molecule has 0 unspecified atom stereocenters. The van der Waals surface area contributed by atoms with Gasteiger partial charge in [-0.3, -0.25) is 4.40 Å². The van der Waals surface area contributed by atoms with Crippen molar-refractivity contribution in [2.24, 2.45) is 0 Å². The highest BCUT2D eigenvalue weighted by Gasteiger charge is 2.39. The Morgan fingerprint density at radius 3 is 2.00 bits per heavy atom. The molecule has 6 heteroatoms. The Bertz CT molecular complexity index is 3430. The number of imidazole rings is 1. The molecule has 0 saturated carbocycles. The molecule has 0 fully saturated rings. The lowest BCUT2D eigenvalue weighted by Gasteiger charge is -2.42. The zero-order valence-electron chi connectivity index (χ0n) is 35.5. The summed E-state index contributed by atoms with van der Waals surface area (Å²) in [6, 6.07) is 61.0. The van der Waals surface area contributed by atoms with Crippen molar-refractivity contribution in [2.75, 3.05) is 21.4 Å². The summed E-state index contributed by atoms with van der Waals surface area (Å²) < 4.78 is 9.22. The quantitative estimate of drug-likeness (QED) is 0.162. The third-order valence-corrected chi connectivity index (χ3v) is 13.2. The van der Waals surface area contributed by atoms with Gasteiger partial charge in [-0.05, 0) is 122 Å². The van der Waals surface area contributed by atoms with E-state index in [1.165, 1.54) is 67.2 Å². The molecule has 0 amide bonds. The van der Waals surface area contributed by atoms with E-state index >= 15 is 0 Å². The Morgan fingerprint density at radius 1 is 0.532 bits per heavy atom. The number of hydrogen-bond donors (Lipinski definition) is 0. The Kier molecular flexibility index (Phi) is 7.88. The summed E-state index contributed by atoms with van der Waals surface area (Å²) in [5, 5.41) is 3.37. The van der Waals surface area contributed by atoms with Crippen LogP contribution in [0.25, 0.3) is 38.4 Å². The molecule has 0 radical (unpaired) electrons. The summed E-state index contributed by atoms with van der Waals surface area (Å²) in [4.78, 5) is 12.6. The minimum Gasteiger partial charge on any atom is -0.457 e. The average Bonchev–Trinajstić information content (AvgIpc) is 3.86. The van der Waals surface area contributed by atoms with Gasteiger partial charge < -0.3 is 19.4 Å². The van der Waals surface area contributed by atoms with Crippen LogP contribution in [0, 0.1) is 20.8 Å². The zero-order valence-corrected chi connectivity index (χ0v) is 35.5. The van der Waals surface area contributed by atoms with Crippen molar-refractivity contribution in [1.29, 1.82) is 0 Å². The van der Waals surface area contributed by atoms with Crippen molar-refractivity contribution in [2.45, 2.75) is 40.0 Å². The summed E-state index contributed by atoms with van der Waals surface area (Å²) in [5.74, 6) is 1.54. The van der Waals surface area contributed by atoms with Crippen molar-refractivity contribution in [3.63, 3.8) is 0 Å². The second kappa shape index (κ2) is 13.5. The topological polar surface area (TPSA) is 36.3 Å². The van der Waals surface area contributed by atoms with E-state index < -0.39 is 0 Å². The molecule has 6 nitrogen and oxygen atoms in total. The van der Waals surface area contributed by atoms with Crippen molar-refractivity contribution in [3.8, 4) is 11.5 Å². The van der Waals surface area contributed by atoms with E-state index in [-0.39, 0.29) is 5.41 Å². The molecular formula is C56H45N5O. The minimum absolute atomic E-state index is 0.318. The molecule has 2 aliphatic heterocycles. The first-order chi connectivity index (χ1) is 30.2. The molecule has 300 valence electrons. The number of rotatable bonds is 5. The smallest absolute Gasteiger partial charge is 0.146 e. The van der Waals surface area contributed by atoms with Crippen molar-refractivity contribution < 1.29 is 4.74 Å². The van der Waals surface area contributed by atoms with Crippen LogP contribution in [-0.4, -0.2) is 16.1 Å². The van der Waals surface area contributed by atoms with E-state index in [0.29, 0.717) is 6.67 Å². The number of benzene rings is 8. The van der Waals surface area contributed by atoms with Gasteiger partial charge in [-0.15, -0.1) is 0 Å². The van der Waals surface area contributed by atoms with E-state index in [1.807, 2.05) is 6.07 Å². The summed E-state index contributed by atoms with van der Waals surface area (Å²) in [6.45, 7) is 12.0. The molecule has 2 aromatic heterocycles. The van der Waals surface area contributed by atoms with Crippen LogP contribution >= 0.6 is 0 Å². The van der Waals surface area contributed by atoms with Gasteiger partial charge >= 0.3 is 0 Å². The minimum atomic E-state index is -0.318. The maximum absolute atomic E-state index is 6.81. The number of aryl methyl sites for hydroxylation is 3. The summed E-state index contributed by atoms with van der Waals surface area (Å²) in [5.41, 5.74) is 18.5. The third kappa shape index (κ3) is 5.32. The molecule has 62 heavy (non-hydrogen) atoms. The first-order valence-corrected chi connectivity index (χ1v) is 21.5. The number of anilines is 7.